The van der Waals surface area contributed by atoms with E-state index in [9.17, 15) is 0 Å². The van der Waals surface area contributed by atoms with E-state index in [0.717, 1.165) is 23.2 Å². The average Bonchev–Trinajstić information content (AvgIpc) is 2.75. The van der Waals surface area contributed by atoms with Gasteiger partial charge >= 0.3 is 0 Å². The fourth-order valence-corrected chi connectivity index (χ4v) is 2.55. The zero-order chi connectivity index (χ0) is 13.0. The van der Waals surface area contributed by atoms with Crippen LogP contribution in [-0.2, 0) is 6.42 Å². The highest BCUT2D eigenvalue weighted by molar-refractivity contribution is 9.10. The maximum Gasteiger partial charge on any atom is 0.101 e. The molecule has 1 heterocycles. The summed E-state index contributed by atoms with van der Waals surface area (Å²) in [7, 11) is 0. The topological polar surface area (TPSA) is 25.2 Å². The van der Waals surface area contributed by atoms with Gasteiger partial charge in [0.15, 0.2) is 0 Å². The Morgan fingerprint density at radius 1 is 1.33 bits per heavy atom. The lowest BCUT2D eigenvalue weighted by atomic mass is 10.0. The summed E-state index contributed by atoms with van der Waals surface area (Å²) in [4.78, 5) is 0. The van der Waals surface area contributed by atoms with E-state index in [0.29, 0.717) is 6.04 Å². The van der Waals surface area contributed by atoms with Gasteiger partial charge in [0.2, 0.25) is 0 Å². The summed E-state index contributed by atoms with van der Waals surface area (Å²) < 4.78 is 6.53. The first-order valence-electron chi connectivity index (χ1n) is 6.22. The number of nitrogens with one attached hydrogen (secondary N) is 1. The molecule has 0 saturated carbocycles. The van der Waals surface area contributed by atoms with Crippen LogP contribution in [0.1, 0.15) is 29.9 Å². The van der Waals surface area contributed by atoms with Crippen LogP contribution in [0.5, 0.6) is 0 Å². The van der Waals surface area contributed by atoms with Gasteiger partial charge in [0.05, 0.1) is 6.26 Å². The third kappa shape index (κ3) is 3.47. The first kappa shape index (κ1) is 13.4. The zero-order valence-electron chi connectivity index (χ0n) is 10.7. The molecule has 0 aliphatic heterocycles. The summed E-state index contributed by atoms with van der Waals surface area (Å²) in [6.07, 6.45) is 2.81. The first-order chi connectivity index (χ1) is 8.69. The summed E-state index contributed by atoms with van der Waals surface area (Å²) in [5.41, 5.74) is 2.53. The SMILES string of the molecule is CCNC(Cc1cccc(Br)c1)c1coc(C)c1. The van der Waals surface area contributed by atoms with Crippen molar-refractivity contribution in [3.8, 4) is 0 Å². The van der Waals surface area contributed by atoms with Crippen molar-refractivity contribution in [1.82, 2.24) is 5.32 Å². The largest absolute Gasteiger partial charge is 0.469 e. The third-order valence-electron chi connectivity index (χ3n) is 2.93. The van der Waals surface area contributed by atoms with E-state index in [4.69, 9.17) is 4.42 Å². The normalized spacial score (nSPS) is 12.6. The Kier molecular flexibility index (Phi) is 4.61. The lowest BCUT2D eigenvalue weighted by Crippen LogP contribution is -2.22. The van der Waals surface area contributed by atoms with E-state index >= 15 is 0 Å². The molecule has 1 aromatic carbocycles. The number of hydrogen-bond acceptors (Lipinski definition) is 2. The quantitative estimate of drug-likeness (QED) is 0.893. The summed E-state index contributed by atoms with van der Waals surface area (Å²) in [5, 5.41) is 3.50. The third-order valence-corrected chi connectivity index (χ3v) is 3.43. The average molecular weight is 308 g/mol. The van der Waals surface area contributed by atoms with Crippen LogP contribution >= 0.6 is 15.9 Å². The summed E-state index contributed by atoms with van der Waals surface area (Å²) in [6, 6.07) is 10.9. The van der Waals surface area contributed by atoms with E-state index in [1.807, 2.05) is 19.3 Å². The van der Waals surface area contributed by atoms with E-state index < -0.39 is 0 Å². The van der Waals surface area contributed by atoms with E-state index in [1.54, 1.807) is 0 Å². The minimum absolute atomic E-state index is 0.307. The molecule has 0 fully saturated rings. The molecule has 0 radical (unpaired) electrons. The molecular weight excluding hydrogens is 290 g/mol. The number of benzene rings is 1. The molecule has 0 aliphatic rings. The fraction of sp³-hybridized carbons (Fsp3) is 0.333. The Labute approximate surface area is 117 Å². The Hall–Kier alpha value is -1.06. The molecule has 1 unspecified atom stereocenters. The minimum Gasteiger partial charge on any atom is -0.469 e. The van der Waals surface area contributed by atoms with Crippen molar-refractivity contribution in [2.75, 3.05) is 6.54 Å². The summed E-state index contributed by atoms with van der Waals surface area (Å²) in [6.45, 7) is 5.05. The van der Waals surface area contributed by atoms with Gasteiger partial charge in [-0.05, 0) is 43.7 Å². The highest BCUT2D eigenvalue weighted by Crippen LogP contribution is 2.22. The van der Waals surface area contributed by atoms with Gasteiger partial charge in [0.25, 0.3) is 0 Å². The van der Waals surface area contributed by atoms with Gasteiger partial charge in [-0.1, -0.05) is 35.0 Å². The molecule has 0 amide bonds. The summed E-state index contributed by atoms with van der Waals surface area (Å²) in [5.74, 6) is 0.960. The lowest BCUT2D eigenvalue weighted by molar-refractivity contribution is 0.511. The standard InChI is InChI=1S/C15H18BrNO/c1-3-17-15(13-7-11(2)18-10-13)9-12-5-4-6-14(16)8-12/h4-8,10,15,17H,3,9H2,1-2H3. The highest BCUT2D eigenvalue weighted by atomic mass is 79.9. The first-order valence-corrected chi connectivity index (χ1v) is 7.01. The van der Waals surface area contributed by atoms with Crippen molar-refractivity contribution in [2.24, 2.45) is 0 Å². The molecule has 2 nitrogen and oxygen atoms in total. The smallest absolute Gasteiger partial charge is 0.101 e. The number of hydrogen-bond donors (Lipinski definition) is 1. The maximum atomic E-state index is 5.40. The highest BCUT2D eigenvalue weighted by Gasteiger charge is 2.13. The molecule has 0 aliphatic carbocycles. The van der Waals surface area contributed by atoms with Gasteiger partial charge in [-0.3, -0.25) is 0 Å². The van der Waals surface area contributed by atoms with Gasteiger partial charge < -0.3 is 9.73 Å². The molecule has 18 heavy (non-hydrogen) atoms. The van der Waals surface area contributed by atoms with Crippen molar-refractivity contribution in [3.63, 3.8) is 0 Å². The van der Waals surface area contributed by atoms with Gasteiger partial charge in [-0.25, -0.2) is 0 Å². The van der Waals surface area contributed by atoms with Crippen LogP contribution in [0.3, 0.4) is 0 Å². The molecule has 3 heteroatoms. The molecular formula is C15H18BrNO. The Morgan fingerprint density at radius 2 is 2.17 bits per heavy atom. The van der Waals surface area contributed by atoms with Crippen molar-refractivity contribution < 1.29 is 4.42 Å². The number of halogens is 1. The second-order valence-electron chi connectivity index (χ2n) is 4.43. The molecule has 0 saturated heterocycles. The van der Waals surface area contributed by atoms with Crippen LogP contribution in [-0.4, -0.2) is 6.54 Å². The van der Waals surface area contributed by atoms with Gasteiger partial charge in [-0.2, -0.15) is 0 Å². The predicted octanol–water partition coefficient (Wildman–Crippen LogP) is 4.24. The van der Waals surface area contributed by atoms with Crippen LogP contribution in [0.2, 0.25) is 0 Å². The molecule has 96 valence electrons. The van der Waals surface area contributed by atoms with Crippen molar-refractivity contribution >= 4 is 15.9 Å². The Bertz CT molecular complexity index is 507. The predicted molar refractivity (Wildman–Crippen MR) is 77.7 cm³/mol. The van der Waals surface area contributed by atoms with E-state index in [1.165, 1.54) is 11.1 Å². The second-order valence-corrected chi connectivity index (χ2v) is 5.35. The lowest BCUT2D eigenvalue weighted by Gasteiger charge is -2.16. The van der Waals surface area contributed by atoms with Gasteiger partial charge in [0, 0.05) is 16.1 Å². The van der Waals surface area contributed by atoms with Crippen LogP contribution < -0.4 is 5.32 Å². The molecule has 0 spiro atoms. The number of furan rings is 1. The van der Waals surface area contributed by atoms with Crippen LogP contribution in [0.4, 0.5) is 0 Å². The maximum absolute atomic E-state index is 5.40. The van der Waals surface area contributed by atoms with Crippen LogP contribution in [0.25, 0.3) is 0 Å². The molecule has 1 N–H and O–H groups in total. The van der Waals surface area contributed by atoms with E-state index in [-0.39, 0.29) is 0 Å². The number of likely N-dealkylation sites (N-methyl/N-ethyl adjacent to an activating group) is 1. The molecule has 2 rings (SSSR count). The van der Waals surface area contributed by atoms with E-state index in [2.05, 4.69) is 52.4 Å². The van der Waals surface area contributed by atoms with Crippen molar-refractivity contribution in [1.29, 1.82) is 0 Å². The number of aryl methyl sites for hydroxylation is 1. The van der Waals surface area contributed by atoms with Crippen molar-refractivity contribution in [2.45, 2.75) is 26.3 Å². The summed E-state index contributed by atoms with van der Waals surface area (Å²) >= 11 is 3.51. The monoisotopic (exact) mass is 307 g/mol. The number of rotatable bonds is 5. The van der Waals surface area contributed by atoms with Gasteiger partial charge in [0.1, 0.15) is 5.76 Å². The molecule has 1 atom stereocenters. The molecule has 2 aromatic rings. The minimum atomic E-state index is 0.307. The van der Waals surface area contributed by atoms with Crippen LogP contribution in [0.15, 0.2) is 45.5 Å². The Morgan fingerprint density at radius 3 is 2.78 bits per heavy atom. The van der Waals surface area contributed by atoms with Crippen molar-refractivity contribution in [3.05, 3.63) is 58.0 Å². The fourth-order valence-electron chi connectivity index (χ4n) is 2.10. The molecule has 0 bridgehead atoms. The van der Waals surface area contributed by atoms with Crippen LogP contribution in [0, 0.1) is 6.92 Å². The molecule has 1 aromatic heterocycles. The zero-order valence-corrected chi connectivity index (χ0v) is 12.3. The second kappa shape index (κ2) is 6.21. The Balaban J connectivity index is 2.16. The van der Waals surface area contributed by atoms with Gasteiger partial charge in [-0.15, -0.1) is 0 Å².